The number of hydrogen-bond acceptors (Lipinski definition) is 7. The molecule has 1 aromatic heterocycles. The van der Waals surface area contributed by atoms with E-state index in [2.05, 4.69) is 15.1 Å². The summed E-state index contributed by atoms with van der Waals surface area (Å²) in [6.07, 6.45) is 0. The summed E-state index contributed by atoms with van der Waals surface area (Å²) in [4.78, 5) is 29.8. The summed E-state index contributed by atoms with van der Waals surface area (Å²) in [6.45, 7) is 4.13. The van der Waals surface area contributed by atoms with E-state index in [1.807, 2.05) is 29.6 Å². The molecule has 1 aliphatic heterocycles. The van der Waals surface area contributed by atoms with E-state index in [-0.39, 0.29) is 18.3 Å². The maximum absolute atomic E-state index is 13.1. The Labute approximate surface area is 208 Å². The largest absolute Gasteiger partial charge is 0.497 e. The molecule has 0 unspecified atom stereocenters. The molecular formula is C26H28FN3O4S. The second-order valence-corrected chi connectivity index (χ2v) is 9.18. The van der Waals surface area contributed by atoms with Gasteiger partial charge in [-0.2, -0.15) is 0 Å². The maximum atomic E-state index is 13.1. The molecule has 4 rings (SSSR count). The minimum Gasteiger partial charge on any atom is -0.497 e. The van der Waals surface area contributed by atoms with Gasteiger partial charge in [-0.05, 0) is 35.4 Å². The Balaban J connectivity index is 1.36. The van der Waals surface area contributed by atoms with Gasteiger partial charge in [-0.15, -0.1) is 11.3 Å². The highest BCUT2D eigenvalue weighted by Gasteiger charge is 2.24. The molecule has 1 N–H and O–H groups in total. The van der Waals surface area contributed by atoms with Gasteiger partial charge < -0.3 is 14.8 Å². The lowest BCUT2D eigenvalue weighted by Crippen LogP contribution is -2.48. The molecular weight excluding hydrogens is 469 g/mol. The number of esters is 1. The zero-order valence-corrected chi connectivity index (χ0v) is 20.6. The van der Waals surface area contributed by atoms with Gasteiger partial charge >= 0.3 is 5.97 Å². The number of anilines is 1. The molecule has 0 saturated carbocycles. The van der Waals surface area contributed by atoms with Gasteiger partial charge in [0.05, 0.1) is 20.8 Å². The fraction of sp³-hybridized carbons (Fsp3) is 0.308. The molecule has 0 aliphatic carbocycles. The molecule has 1 saturated heterocycles. The number of nitrogens with one attached hydrogen (secondary N) is 1. The third kappa shape index (κ3) is 6.25. The van der Waals surface area contributed by atoms with Crippen molar-refractivity contribution < 1.29 is 23.5 Å². The lowest BCUT2D eigenvalue weighted by molar-refractivity contribution is -0.117. The van der Waals surface area contributed by atoms with Gasteiger partial charge in [-0.1, -0.05) is 24.3 Å². The Morgan fingerprint density at radius 1 is 0.971 bits per heavy atom. The van der Waals surface area contributed by atoms with Crippen molar-refractivity contribution in [2.75, 3.05) is 52.3 Å². The van der Waals surface area contributed by atoms with Crippen molar-refractivity contribution in [2.45, 2.75) is 6.54 Å². The SMILES string of the molecule is COC(=O)c1c(-c2ccc(OC)cc2)csc1NC(=O)CN1CCN(Cc2ccc(F)cc2)CC1. The van der Waals surface area contributed by atoms with E-state index in [4.69, 9.17) is 9.47 Å². The molecule has 35 heavy (non-hydrogen) atoms. The number of carbonyl (C=O) groups excluding carboxylic acids is 2. The first kappa shape index (κ1) is 24.8. The lowest BCUT2D eigenvalue weighted by atomic mass is 10.0. The molecule has 184 valence electrons. The predicted octanol–water partition coefficient (Wildman–Crippen LogP) is 4.11. The Morgan fingerprint density at radius 2 is 1.63 bits per heavy atom. The number of piperazine rings is 1. The van der Waals surface area contributed by atoms with Crippen molar-refractivity contribution in [3.05, 3.63) is 70.9 Å². The van der Waals surface area contributed by atoms with Crippen molar-refractivity contribution in [1.29, 1.82) is 0 Å². The summed E-state index contributed by atoms with van der Waals surface area (Å²) in [5.41, 5.74) is 2.95. The first-order chi connectivity index (χ1) is 17.0. The standard InChI is InChI=1S/C26H28FN3O4S/c1-33-21-9-5-19(6-10-21)22-17-35-25(24(22)26(32)34-2)28-23(31)16-30-13-11-29(12-14-30)15-18-3-7-20(27)8-4-18/h3-10,17H,11-16H2,1-2H3,(H,28,31). The summed E-state index contributed by atoms with van der Waals surface area (Å²) in [6, 6.07) is 13.9. The van der Waals surface area contributed by atoms with Crippen molar-refractivity contribution >= 4 is 28.2 Å². The summed E-state index contributed by atoms with van der Waals surface area (Å²) < 4.78 is 23.3. The van der Waals surface area contributed by atoms with E-state index < -0.39 is 5.97 Å². The van der Waals surface area contributed by atoms with Crippen LogP contribution in [-0.2, 0) is 16.1 Å². The van der Waals surface area contributed by atoms with E-state index in [0.29, 0.717) is 16.1 Å². The number of amides is 1. The highest BCUT2D eigenvalue weighted by molar-refractivity contribution is 7.15. The zero-order valence-electron chi connectivity index (χ0n) is 19.8. The summed E-state index contributed by atoms with van der Waals surface area (Å²) in [7, 11) is 2.92. The van der Waals surface area contributed by atoms with E-state index in [1.165, 1.54) is 30.6 Å². The molecule has 2 heterocycles. The third-order valence-electron chi connectivity index (χ3n) is 5.99. The number of benzene rings is 2. The molecule has 1 amide bonds. The minimum atomic E-state index is -0.498. The predicted molar refractivity (Wildman–Crippen MR) is 134 cm³/mol. The second kappa shape index (κ2) is 11.4. The Hall–Kier alpha value is -3.27. The Bertz CT molecular complexity index is 1160. The molecule has 0 radical (unpaired) electrons. The van der Waals surface area contributed by atoms with E-state index in [9.17, 15) is 14.0 Å². The third-order valence-corrected chi connectivity index (χ3v) is 6.88. The van der Waals surface area contributed by atoms with Crippen LogP contribution in [0.4, 0.5) is 9.39 Å². The van der Waals surface area contributed by atoms with Crippen molar-refractivity contribution in [1.82, 2.24) is 9.80 Å². The quantitative estimate of drug-likeness (QED) is 0.473. The van der Waals surface area contributed by atoms with Crippen LogP contribution >= 0.6 is 11.3 Å². The van der Waals surface area contributed by atoms with Crippen LogP contribution in [0.3, 0.4) is 0 Å². The molecule has 2 aromatic carbocycles. The van der Waals surface area contributed by atoms with Crippen LogP contribution in [0.15, 0.2) is 53.9 Å². The fourth-order valence-corrected chi connectivity index (χ4v) is 5.03. The summed E-state index contributed by atoms with van der Waals surface area (Å²) >= 11 is 1.30. The van der Waals surface area contributed by atoms with Crippen LogP contribution in [0, 0.1) is 5.82 Å². The molecule has 1 aliphatic rings. The molecule has 0 atom stereocenters. The van der Waals surface area contributed by atoms with Crippen LogP contribution in [0.25, 0.3) is 11.1 Å². The smallest absolute Gasteiger partial charge is 0.341 e. The summed E-state index contributed by atoms with van der Waals surface area (Å²) in [5.74, 6) is -0.191. The van der Waals surface area contributed by atoms with Crippen LogP contribution in [-0.4, -0.2) is 68.6 Å². The number of ether oxygens (including phenoxy) is 2. The van der Waals surface area contributed by atoms with Crippen molar-refractivity contribution in [2.24, 2.45) is 0 Å². The van der Waals surface area contributed by atoms with Gasteiger partial charge in [0.15, 0.2) is 0 Å². The van der Waals surface area contributed by atoms with Gasteiger partial charge in [0.25, 0.3) is 0 Å². The van der Waals surface area contributed by atoms with Gasteiger partial charge in [0.1, 0.15) is 22.1 Å². The molecule has 9 heteroatoms. The van der Waals surface area contributed by atoms with Gasteiger partial charge in [0.2, 0.25) is 5.91 Å². The number of rotatable bonds is 8. The first-order valence-corrected chi connectivity index (χ1v) is 12.2. The van der Waals surface area contributed by atoms with Gasteiger partial charge in [0, 0.05) is 43.7 Å². The molecule has 7 nitrogen and oxygen atoms in total. The number of halogens is 1. The number of carbonyl (C=O) groups is 2. The molecule has 1 fully saturated rings. The topological polar surface area (TPSA) is 71.1 Å². The summed E-state index contributed by atoms with van der Waals surface area (Å²) in [5, 5.41) is 5.23. The number of methoxy groups -OCH3 is 2. The second-order valence-electron chi connectivity index (χ2n) is 8.30. The van der Waals surface area contributed by atoms with Gasteiger partial charge in [-0.3, -0.25) is 14.6 Å². The van der Waals surface area contributed by atoms with Crippen LogP contribution in [0.5, 0.6) is 5.75 Å². The van der Waals surface area contributed by atoms with Crippen LogP contribution in [0.2, 0.25) is 0 Å². The number of nitrogens with zero attached hydrogens (tertiary/aromatic N) is 2. The normalized spacial score (nSPS) is 14.5. The Morgan fingerprint density at radius 3 is 2.26 bits per heavy atom. The maximum Gasteiger partial charge on any atom is 0.341 e. The highest BCUT2D eigenvalue weighted by atomic mass is 32.1. The van der Waals surface area contributed by atoms with Crippen molar-refractivity contribution in [3.8, 4) is 16.9 Å². The lowest BCUT2D eigenvalue weighted by Gasteiger charge is -2.34. The first-order valence-electron chi connectivity index (χ1n) is 11.3. The van der Waals surface area contributed by atoms with Crippen molar-refractivity contribution in [3.63, 3.8) is 0 Å². The van der Waals surface area contributed by atoms with E-state index in [1.54, 1.807) is 19.2 Å². The highest BCUT2D eigenvalue weighted by Crippen LogP contribution is 2.36. The average Bonchev–Trinajstić information content (AvgIpc) is 3.29. The number of hydrogen-bond donors (Lipinski definition) is 1. The fourth-order valence-electron chi connectivity index (χ4n) is 4.06. The van der Waals surface area contributed by atoms with E-state index in [0.717, 1.165) is 49.6 Å². The average molecular weight is 498 g/mol. The number of thiophene rings is 1. The van der Waals surface area contributed by atoms with Gasteiger partial charge in [-0.25, -0.2) is 9.18 Å². The van der Waals surface area contributed by atoms with Crippen LogP contribution < -0.4 is 10.1 Å². The molecule has 0 bridgehead atoms. The van der Waals surface area contributed by atoms with Crippen LogP contribution in [0.1, 0.15) is 15.9 Å². The monoisotopic (exact) mass is 497 g/mol. The van der Waals surface area contributed by atoms with E-state index >= 15 is 0 Å². The molecule has 3 aromatic rings. The molecule has 0 spiro atoms. The minimum absolute atomic E-state index is 0.176. The zero-order chi connectivity index (χ0) is 24.8. The Kier molecular flexibility index (Phi) is 8.12.